The molecule has 1 fully saturated rings. The van der Waals surface area contributed by atoms with Crippen molar-refractivity contribution in [2.24, 2.45) is 0 Å². The van der Waals surface area contributed by atoms with E-state index in [1.54, 1.807) is 12.1 Å². The van der Waals surface area contributed by atoms with Crippen molar-refractivity contribution in [2.45, 2.75) is 31.8 Å². The number of piperazine rings is 1. The van der Waals surface area contributed by atoms with Crippen molar-refractivity contribution in [1.29, 1.82) is 0 Å². The molecule has 0 spiro atoms. The molecule has 18 heavy (non-hydrogen) atoms. The zero-order valence-electron chi connectivity index (χ0n) is 11.0. The lowest BCUT2D eigenvalue weighted by Gasteiger charge is -2.45. The molecule has 100 valence electrons. The fraction of sp³-hybridized carbons (Fsp3) is 0.571. The zero-order chi connectivity index (χ0) is 13.2. The van der Waals surface area contributed by atoms with Crippen molar-refractivity contribution in [3.8, 4) is 0 Å². The molecule has 4 heteroatoms. The van der Waals surface area contributed by atoms with Crippen molar-refractivity contribution >= 4 is 5.69 Å². The Morgan fingerprint density at radius 1 is 1.50 bits per heavy atom. The van der Waals surface area contributed by atoms with Crippen molar-refractivity contribution in [1.82, 2.24) is 5.32 Å². The van der Waals surface area contributed by atoms with Gasteiger partial charge in [-0.3, -0.25) is 0 Å². The quantitative estimate of drug-likeness (QED) is 0.860. The maximum atomic E-state index is 13.3. The Morgan fingerprint density at radius 3 is 2.94 bits per heavy atom. The van der Waals surface area contributed by atoms with Crippen LogP contribution in [0.3, 0.4) is 0 Å². The average Bonchev–Trinajstić information content (AvgIpc) is 2.27. The lowest BCUT2D eigenvalue weighted by atomic mass is 9.96. The van der Waals surface area contributed by atoms with Gasteiger partial charge in [-0.05, 0) is 38.5 Å². The van der Waals surface area contributed by atoms with Crippen LogP contribution >= 0.6 is 0 Å². The Hall–Kier alpha value is -1.13. The Labute approximate surface area is 108 Å². The zero-order valence-corrected chi connectivity index (χ0v) is 11.0. The van der Waals surface area contributed by atoms with E-state index in [9.17, 15) is 4.39 Å². The average molecular weight is 252 g/mol. The number of hydrogen-bond donors (Lipinski definition) is 2. The number of aliphatic hydroxyl groups is 1. The van der Waals surface area contributed by atoms with E-state index in [-0.39, 0.29) is 24.0 Å². The molecule has 2 rings (SSSR count). The number of aliphatic hydroxyl groups excluding tert-OH is 1. The molecule has 0 amide bonds. The second kappa shape index (κ2) is 5.24. The van der Waals surface area contributed by atoms with Gasteiger partial charge >= 0.3 is 0 Å². The molecule has 1 aromatic carbocycles. The monoisotopic (exact) mass is 252 g/mol. The number of halogens is 1. The first-order valence-electron chi connectivity index (χ1n) is 6.39. The highest BCUT2D eigenvalue weighted by molar-refractivity contribution is 5.47. The van der Waals surface area contributed by atoms with Crippen LogP contribution in [0.2, 0.25) is 0 Å². The van der Waals surface area contributed by atoms with Crippen LogP contribution in [0, 0.1) is 5.82 Å². The van der Waals surface area contributed by atoms with Crippen LogP contribution in [-0.4, -0.2) is 36.4 Å². The molecule has 0 bridgehead atoms. The number of nitrogens with one attached hydrogen (secondary N) is 1. The molecule has 0 aliphatic carbocycles. The van der Waals surface area contributed by atoms with Crippen LogP contribution < -0.4 is 10.2 Å². The second-order valence-corrected chi connectivity index (χ2v) is 5.60. The molecule has 1 unspecified atom stereocenters. The summed E-state index contributed by atoms with van der Waals surface area (Å²) in [5.41, 5.74) is 0.872. The molecule has 1 aromatic rings. The standard InChI is InChI=1S/C14H21FN2O/c1-14(2)10-17(9-12(16-14)6-7-18)13-5-3-4-11(15)8-13/h3-5,8,12,16,18H,6-7,9-10H2,1-2H3. The van der Waals surface area contributed by atoms with E-state index in [1.165, 1.54) is 6.07 Å². The van der Waals surface area contributed by atoms with Crippen molar-refractivity contribution in [2.75, 3.05) is 24.6 Å². The maximum Gasteiger partial charge on any atom is 0.125 e. The number of hydrogen-bond acceptors (Lipinski definition) is 3. The third kappa shape index (κ3) is 3.21. The number of anilines is 1. The summed E-state index contributed by atoms with van der Waals surface area (Å²) in [5, 5.41) is 12.6. The van der Waals surface area contributed by atoms with Crippen LogP contribution in [0.5, 0.6) is 0 Å². The first-order valence-corrected chi connectivity index (χ1v) is 6.39. The maximum absolute atomic E-state index is 13.3. The van der Waals surface area contributed by atoms with Gasteiger partial charge in [0.1, 0.15) is 5.82 Å². The summed E-state index contributed by atoms with van der Waals surface area (Å²) >= 11 is 0. The number of benzene rings is 1. The van der Waals surface area contributed by atoms with Gasteiger partial charge in [-0.15, -0.1) is 0 Å². The van der Waals surface area contributed by atoms with E-state index in [2.05, 4.69) is 24.1 Å². The topological polar surface area (TPSA) is 35.5 Å². The van der Waals surface area contributed by atoms with Gasteiger partial charge in [0.2, 0.25) is 0 Å². The van der Waals surface area contributed by atoms with Crippen molar-refractivity contribution in [3.05, 3.63) is 30.1 Å². The fourth-order valence-corrected chi connectivity index (χ4v) is 2.64. The number of rotatable bonds is 3. The molecule has 0 radical (unpaired) electrons. The molecular weight excluding hydrogens is 231 g/mol. The van der Waals surface area contributed by atoms with Gasteiger partial charge in [0.15, 0.2) is 0 Å². The third-order valence-corrected chi connectivity index (χ3v) is 3.27. The van der Waals surface area contributed by atoms with Gasteiger partial charge in [0, 0.05) is 37.0 Å². The van der Waals surface area contributed by atoms with Gasteiger partial charge < -0.3 is 15.3 Å². The molecule has 1 atom stereocenters. The SMILES string of the molecule is CC1(C)CN(c2cccc(F)c2)CC(CCO)N1. The normalized spacial score (nSPS) is 23.1. The molecule has 1 aliphatic rings. The molecule has 1 heterocycles. The first-order chi connectivity index (χ1) is 8.50. The van der Waals surface area contributed by atoms with E-state index < -0.39 is 0 Å². The minimum absolute atomic E-state index is 0.0373. The Kier molecular flexibility index (Phi) is 3.88. The van der Waals surface area contributed by atoms with Crippen LogP contribution in [0.25, 0.3) is 0 Å². The van der Waals surface area contributed by atoms with Crippen LogP contribution in [0.4, 0.5) is 10.1 Å². The second-order valence-electron chi connectivity index (χ2n) is 5.60. The van der Waals surface area contributed by atoms with Crippen LogP contribution in [0.1, 0.15) is 20.3 Å². The highest BCUT2D eigenvalue weighted by Gasteiger charge is 2.31. The molecule has 0 saturated carbocycles. The van der Waals surface area contributed by atoms with Gasteiger partial charge in [-0.1, -0.05) is 6.07 Å². The number of nitrogens with zero attached hydrogens (tertiary/aromatic N) is 1. The summed E-state index contributed by atoms with van der Waals surface area (Å²) in [5.74, 6) is -0.206. The minimum Gasteiger partial charge on any atom is -0.396 e. The summed E-state index contributed by atoms with van der Waals surface area (Å²) in [7, 11) is 0. The van der Waals surface area contributed by atoms with Gasteiger partial charge in [0.05, 0.1) is 0 Å². The molecule has 0 aromatic heterocycles. The Balaban J connectivity index is 2.16. The van der Waals surface area contributed by atoms with Crippen molar-refractivity contribution in [3.63, 3.8) is 0 Å². The fourth-order valence-electron chi connectivity index (χ4n) is 2.64. The molecule has 1 saturated heterocycles. The summed E-state index contributed by atoms with van der Waals surface area (Å²) in [6, 6.07) is 6.93. The van der Waals surface area contributed by atoms with E-state index in [0.717, 1.165) is 25.2 Å². The van der Waals surface area contributed by atoms with Gasteiger partial charge in [0.25, 0.3) is 0 Å². The Bertz CT molecular complexity index is 409. The highest BCUT2D eigenvalue weighted by atomic mass is 19.1. The van der Waals surface area contributed by atoms with Gasteiger partial charge in [-0.2, -0.15) is 0 Å². The van der Waals surface area contributed by atoms with Crippen molar-refractivity contribution < 1.29 is 9.50 Å². The molecular formula is C14H21FN2O. The summed E-state index contributed by atoms with van der Waals surface area (Å²) in [4.78, 5) is 2.18. The van der Waals surface area contributed by atoms with E-state index in [4.69, 9.17) is 5.11 Å². The smallest absolute Gasteiger partial charge is 0.125 e. The lowest BCUT2D eigenvalue weighted by molar-refractivity contribution is 0.224. The van der Waals surface area contributed by atoms with Gasteiger partial charge in [-0.25, -0.2) is 4.39 Å². The lowest BCUT2D eigenvalue weighted by Crippen LogP contribution is -2.62. The summed E-state index contributed by atoms with van der Waals surface area (Å²) in [6.45, 7) is 6.06. The van der Waals surface area contributed by atoms with Crippen LogP contribution in [-0.2, 0) is 0 Å². The molecule has 1 aliphatic heterocycles. The van der Waals surface area contributed by atoms with E-state index >= 15 is 0 Å². The van der Waals surface area contributed by atoms with E-state index in [1.807, 2.05) is 6.07 Å². The summed E-state index contributed by atoms with van der Waals surface area (Å²) < 4.78 is 13.3. The summed E-state index contributed by atoms with van der Waals surface area (Å²) in [6.07, 6.45) is 0.718. The highest BCUT2D eigenvalue weighted by Crippen LogP contribution is 2.23. The van der Waals surface area contributed by atoms with E-state index in [0.29, 0.717) is 0 Å². The third-order valence-electron chi connectivity index (χ3n) is 3.27. The first kappa shape index (κ1) is 13.3. The van der Waals surface area contributed by atoms with Crippen LogP contribution in [0.15, 0.2) is 24.3 Å². The minimum atomic E-state index is -0.206. The largest absolute Gasteiger partial charge is 0.396 e. The predicted molar refractivity (Wildman–Crippen MR) is 71.3 cm³/mol. The molecule has 2 N–H and O–H groups in total. The predicted octanol–water partition coefficient (Wildman–Crippen LogP) is 1.76. The Morgan fingerprint density at radius 2 is 2.28 bits per heavy atom. The molecule has 3 nitrogen and oxygen atoms in total.